The molecular formula is C20H30ClF3IN5O. The van der Waals surface area contributed by atoms with Gasteiger partial charge >= 0.3 is 6.18 Å². The van der Waals surface area contributed by atoms with Gasteiger partial charge in [0, 0.05) is 44.8 Å². The van der Waals surface area contributed by atoms with Crippen LogP contribution in [0.15, 0.2) is 29.3 Å². The van der Waals surface area contributed by atoms with E-state index in [0.717, 1.165) is 5.56 Å². The second-order valence-corrected chi connectivity index (χ2v) is 7.79. The van der Waals surface area contributed by atoms with E-state index in [1.807, 2.05) is 17.0 Å². The molecule has 1 aliphatic heterocycles. The van der Waals surface area contributed by atoms with E-state index >= 15 is 0 Å². The maximum atomic E-state index is 12.5. The van der Waals surface area contributed by atoms with Gasteiger partial charge in [-0.2, -0.15) is 13.2 Å². The van der Waals surface area contributed by atoms with Crippen LogP contribution >= 0.6 is 35.6 Å². The van der Waals surface area contributed by atoms with Gasteiger partial charge in [0.25, 0.3) is 0 Å². The fourth-order valence-corrected chi connectivity index (χ4v) is 3.58. The highest BCUT2D eigenvalue weighted by atomic mass is 127. The second kappa shape index (κ2) is 13.3. The summed E-state index contributed by atoms with van der Waals surface area (Å²) in [4.78, 5) is 21.9. The topological polar surface area (TPSA) is 51.2 Å². The van der Waals surface area contributed by atoms with E-state index in [0.29, 0.717) is 63.1 Å². The third-order valence-corrected chi connectivity index (χ3v) is 5.07. The molecule has 0 bridgehead atoms. The van der Waals surface area contributed by atoms with Crippen molar-refractivity contribution >= 4 is 47.4 Å². The molecule has 176 valence electrons. The van der Waals surface area contributed by atoms with Gasteiger partial charge in [0.2, 0.25) is 5.91 Å². The molecule has 2 rings (SSSR count). The summed E-state index contributed by atoms with van der Waals surface area (Å²) in [7, 11) is 3.14. The molecule has 1 aromatic carbocycles. The van der Waals surface area contributed by atoms with E-state index in [1.165, 1.54) is 11.9 Å². The lowest BCUT2D eigenvalue weighted by Gasteiger charge is -2.36. The lowest BCUT2D eigenvalue weighted by atomic mass is 10.1. The molecule has 1 saturated heterocycles. The molecule has 0 aromatic heterocycles. The zero-order valence-electron chi connectivity index (χ0n) is 17.8. The van der Waals surface area contributed by atoms with Gasteiger partial charge in [-0.1, -0.05) is 23.7 Å². The zero-order chi connectivity index (χ0) is 22.1. The molecule has 1 heterocycles. The molecule has 0 spiro atoms. The van der Waals surface area contributed by atoms with Crippen LogP contribution < -0.4 is 5.32 Å². The Morgan fingerprint density at radius 2 is 1.87 bits per heavy atom. The normalized spacial score (nSPS) is 15.1. The Morgan fingerprint density at radius 3 is 2.45 bits per heavy atom. The number of benzene rings is 1. The van der Waals surface area contributed by atoms with Crippen molar-refractivity contribution in [2.75, 3.05) is 59.9 Å². The lowest BCUT2D eigenvalue weighted by molar-refractivity contribution is -0.143. The van der Waals surface area contributed by atoms with E-state index in [1.54, 1.807) is 19.2 Å². The molecule has 0 radical (unpaired) electrons. The van der Waals surface area contributed by atoms with Crippen LogP contribution in [-0.2, 0) is 11.2 Å². The number of alkyl halides is 3. The van der Waals surface area contributed by atoms with Gasteiger partial charge in [-0.3, -0.25) is 14.7 Å². The zero-order valence-corrected chi connectivity index (χ0v) is 20.9. The maximum Gasteiger partial charge on any atom is 0.401 e. The molecule has 1 amide bonds. The fourth-order valence-electron chi connectivity index (χ4n) is 3.37. The van der Waals surface area contributed by atoms with Crippen LogP contribution in [0.3, 0.4) is 0 Å². The molecule has 1 aliphatic rings. The summed E-state index contributed by atoms with van der Waals surface area (Å²) in [5.74, 6) is 0.767. The van der Waals surface area contributed by atoms with Crippen molar-refractivity contribution in [3.05, 3.63) is 34.9 Å². The number of halogens is 5. The standard InChI is InChI=1S/C20H29ClF3N5O.HI/c1-25-19(26-7-4-8-27(2)15-20(22,23)24)29-11-9-28(10-12-29)18(30)14-16-5-3-6-17(21)13-16;/h3,5-6,13H,4,7-12,14-15H2,1-2H3,(H,25,26);1H. The minimum atomic E-state index is -4.18. The summed E-state index contributed by atoms with van der Waals surface area (Å²) in [6.07, 6.45) is -3.29. The number of nitrogens with zero attached hydrogens (tertiary/aromatic N) is 4. The molecular weight excluding hydrogens is 546 g/mol. The van der Waals surface area contributed by atoms with Crippen LogP contribution in [0.1, 0.15) is 12.0 Å². The first kappa shape index (κ1) is 27.8. The highest BCUT2D eigenvalue weighted by molar-refractivity contribution is 14.0. The van der Waals surface area contributed by atoms with Gasteiger partial charge < -0.3 is 15.1 Å². The summed E-state index contributed by atoms with van der Waals surface area (Å²) in [5.41, 5.74) is 0.892. The number of carbonyl (C=O) groups excluding carboxylic acids is 1. The van der Waals surface area contributed by atoms with Crippen molar-refractivity contribution in [2.24, 2.45) is 4.99 Å². The molecule has 0 atom stereocenters. The van der Waals surface area contributed by atoms with Crippen molar-refractivity contribution in [1.29, 1.82) is 0 Å². The predicted octanol–water partition coefficient (Wildman–Crippen LogP) is 3.10. The molecule has 6 nitrogen and oxygen atoms in total. The Morgan fingerprint density at radius 1 is 1.23 bits per heavy atom. The number of hydrogen-bond acceptors (Lipinski definition) is 3. The van der Waals surface area contributed by atoms with Gasteiger partial charge in [-0.15, -0.1) is 24.0 Å². The number of guanidine groups is 1. The SMILES string of the molecule is CN=C(NCCCN(C)CC(F)(F)F)N1CCN(C(=O)Cc2cccc(Cl)c2)CC1.I. The molecule has 31 heavy (non-hydrogen) atoms. The third kappa shape index (κ3) is 10.3. The second-order valence-electron chi connectivity index (χ2n) is 7.36. The molecule has 0 aliphatic carbocycles. The van der Waals surface area contributed by atoms with Gasteiger partial charge in [0.1, 0.15) is 0 Å². The molecule has 1 N–H and O–H groups in total. The summed E-state index contributed by atoms with van der Waals surface area (Å²) < 4.78 is 37.1. The Balaban J connectivity index is 0.00000480. The van der Waals surface area contributed by atoms with Crippen molar-refractivity contribution < 1.29 is 18.0 Å². The van der Waals surface area contributed by atoms with E-state index in [2.05, 4.69) is 15.2 Å². The molecule has 1 aromatic rings. The van der Waals surface area contributed by atoms with Gasteiger partial charge in [-0.05, 0) is 37.7 Å². The van der Waals surface area contributed by atoms with Crippen molar-refractivity contribution in [1.82, 2.24) is 20.0 Å². The van der Waals surface area contributed by atoms with Crippen molar-refractivity contribution in [3.63, 3.8) is 0 Å². The summed E-state index contributed by atoms with van der Waals surface area (Å²) >= 11 is 5.98. The van der Waals surface area contributed by atoms with E-state index in [9.17, 15) is 18.0 Å². The Labute approximate surface area is 203 Å². The first-order valence-electron chi connectivity index (χ1n) is 9.91. The predicted molar refractivity (Wildman–Crippen MR) is 128 cm³/mol. The van der Waals surface area contributed by atoms with Crippen LogP contribution in [0, 0.1) is 0 Å². The molecule has 0 saturated carbocycles. The van der Waals surface area contributed by atoms with Crippen molar-refractivity contribution in [2.45, 2.75) is 19.0 Å². The number of nitrogens with one attached hydrogen (secondary N) is 1. The third-order valence-electron chi connectivity index (χ3n) is 4.84. The lowest BCUT2D eigenvalue weighted by Crippen LogP contribution is -2.54. The smallest absolute Gasteiger partial charge is 0.356 e. The van der Waals surface area contributed by atoms with Gasteiger partial charge in [0.05, 0.1) is 13.0 Å². The van der Waals surface area contributed by atoms with Crippen molar-refractivity contribution in [3.8, 4) is 0 Å². The molecule has 11 heteroatoms. The Hall–Kier alpha value is -1.27. The Bertz CT molecular complexity index is 727. The number of carbonyl (C=O) groups is 1. The maximum absolute atomic E-state index is 12.5. The minimum absolute atomic E-state index is 0. The number of amides is 1. The Kier molecular flexibility index (Phi) is 11.9. The van der Waals surface area contributed by atoms with Gasteiger partial charge in [-0.25, -0.2) is 0 Å². The highest BCUT2D eigenvalue weighted by Crippen LogP contribution is 2.15. The quantitative estimate of drug-likeness (QED) is 0.235. The van der Waals surface area contributed by atoms with E-state index < -0.39 is 12.7 Å². The largest absolute Gasteiger partial charge is 0.401 e. The van der Waals surface area contributed by atoms with Crippen LogP contribution in [-0.4, -0.2) is 92.7 Å². The van der Waals surface area contributed by atoms with Crippen LogP contribution in [0.4, 0.5) is 13.2 Å². The number of piperazine rings is 1. The minimum Gasteiger partial charge on any atom is -0.356 e. The number of aliphatic imine (C=N–C) groups is 1. The fraction of sp³-hybridized carbons (Fsp3) is 0.600. The summed E-state index contributed by atoms with van der Waals surface area (Å²) in [5, 5.41) is 3.81. The monoisotopic (exact) mass is 575 g/mol. The number of rotatable bonds is 7. The van der Waals surface area contributed by atoms with Gasteiger partial charge in [0.15, 0.2) is 5.96 Å². The van der Waals surface area contributed by atoms with E-state index in [4.69, 9.17) is 11.6 Å². The van der Waals surface area contributed by atoms with Crippen LogP contribution in [0.5, 0.6) is 0 Å². The first-order valence-corrected chi connectivity index (χ1v) is 10.3. The molecule has 1 fully saturated rings. The average molecular weight is 576 g/mol. The summed E-state index contributed by atoms with van der Waals surface area (Å²) in [6.45, 7) is 2.44. The van der Waals surface area contributed by atoms with Crippen LogP contribution in [0.25, 0.3) is 0 Å². The van der Waals surface area contributed by atoms with E-state index in [-0.39, 0.29) is 29.9 Å². The first-order chi connectivity index (χ1) is 14.2. The molecule has 0 unspecified atom stereocenters. The van der Waals surface area contributed by atoms with Crippen LogP contribution in [0.2, 0.25) is 5.02 Å². The average Bonchev–Trinajstić information content (AvgIpc) is 2.67. The summed E-state index contributed by atoms with van der Waals surface area (Å²) in [6, 6.07) is 7.30. The number of hydrogen-bond donors (Lipinski definition) is 1. The highest BCUT2D eigenvalue weighted by Gasteiger charge is 2.29.